The molecular formula is C13H22N4O2. The molecule has 0 unspecified atom stereocenters. The van der Waals surface area contributed by atoms with Crippen LogP contribution in [0.4, 0.5) is 11.5 Å². The third-order valence-corrected chi connectivity index (χ3v) is 2.95. The summed E-state index contributed by atoms with van der Waals surface area (Å²) in [4.78, 5) is 19.8. The molecule has 1 amide bonds. The molecule has 0 saturated carbocycles. The molecule has 0 aromatic carbocycles. The number of hydrogen-bond donors (Lipinski definition) is 1. The zero-order valence-corrected chi connectivity index (χ0v) is 12.0. The summed E-state index contributed by atoms with van der Waals surface area (Å²) in [6.07, 6.45) is 0. The molecule has 1 heterocycles. The first kappa shape index (κ1) is 15.1. The zero-order chi connectivity index (χ0) is 14.4. The molecule has 0 spiro atoms. The van der Waals surface area contributed by atoms with Crippen molar-refractivity contribution in [2.75, 3.05) is 44.4 Å². The number of pyridine rings is 1. The van der Waals surface area contributed by atoms with E-state index in [0.717, 1.165) is 0 Å². The highest BCUT2D eigenvalue weighted by Gasteiger charge is 2.14. The largest absolute Gasteiger partial charge is 0.479 e. The summed E-state index contributed by atoms with van der Waals surface area (Å²) in [5, 5.41) is 0. The summed E-state index contributed by atoms with van der Waals surface area (Å²) >= 11 is 0. The van der Waals surface area contributed by atoms with Crippen LogP contribution in [0.2, 0.25) is 0 Å². The number of anilines is 2. The van der Waals surface area contributed by atoms with Gasteiger partial charge in [-0.3, -0.25) is 4.79 Å². The summed E-state index contributed by atoms with van der Waals surface area (Å²) in [6, 6.07) is 3.49. The van der Waals surface area contributed by atoms with Crippen LogP contribution in [0.3, 0.4) is 0 Å². The molecule has 6 heteroatoms. The molecule has 0 atom stereocenters. The van der Waals surface area contributed by atoms with E-state index in [2.05, 4.69) is 4.98 Å². The Morgan fingerprint density at radius 1 is 1.37 bits per heavy atom. The quantitative estimate of drug-likeness (QED) is 0.831. The lowest BCUT2D eigenvalue weighted by Gasteiger charge is -2.24. The number of carbonyl (C=O) groups is 1. The minimum Gasteiger partial charge on any atom is -0.479 e. The van der Waals surface area contributed by atoms with Crippen LogP contribution in [0.15, 0.2) is 12.1 Å². The average molecular weight is 266 g/mol. The van der Waals surface area contributed by atoms with Gasteiger partial charge in [-0.2, -0.15) is 4.98 Å². The molecule has 106 valence electrons. The number of ether oxygens (including phenoxy) is 1. The Balaban J connectivity index is 2.78. The number of aromatic nitrogens is 1. The normalized spacial score (nSPS) is 10.1. The fraction of sp³-hybridized carbons (Fsp3) is 0.538. The first-order valence-electron chi connectivity index (χ1n) is 6.32. The molecule has 1 aromatic rings. The molecule has 0 aliphatic carbocycles. The number of nitrogens with two attached hydrogens (primary N) is 1. The van der Waals surface area contributed by atoms with Crippen LogP contribution in [-0.4, -0.2) is 49.6 Å². The zero-order valence-electron chi connectivity index (χ0n) is 12.0. The van der Waals surface area contributed by atoms with Gasteiger partial charge in [0.15, 0.2) is 0 Å². The minimum absolute atomic E-state index is 0.0742. The summed E-state index contributed by atoms with van der Waals surface area (Å²) < 4.78 is 5.07. The number of likely N-dealkylation sites (N-methyl/N-ethyl adjacent to an activating group) is 2. The van der Waals surface area contributed by atoms with Gasteiger partial charge in [0.05, 0.1) is 19.3 Å². The first-order chi connectivity index (χ1) is 9.03. The molecule has 0 aliphatic heterocycles. The van der Waals surface area contributed by atoms with Gasteiger partial charge >= 0.3 is 0 Å². The van der Waals surface area contributed by atoms with Gasteiger partial charge in [-0.1, -0.05) is 0 Å². The molecule has 0 bridgehead atoms. The van der Waals surface area contributed by atoms with Gasteiger partial charge < -0.3 is 20.3 Å². The lowest BCUT2D eigenvalue weighted by atomic mass is 10.3. The van der Waals surface area contributed by atoms with Crippen molar-refractivity contribution in [1.29, 1.82) is 0 Å². The highest BCUT2D eigenvalue weighted by atomic mass is 16.5. The van der Waals surface area contributed by atoms with Crippen molar-refractivity contribution in [2.24, 2.45) is 0 Å². The highest BCUT2D eigenvalue weighted by molar-refractivity contribution is 5.81. The standard InChI is InChI=1S/C13H22N4O2/c1-5-17(6-2)12(18)9-16(3)11-8-7-10(14)13(15-11)19-4/h7-8H,5-6,9,14H2,1-4H3. The number of nitrogens with zero attached hydrogens (tertiary/aromatic N) is 3. The Hall–Kier alpha value is -1.98. The number of rotatable bonds is 6. The van der Waals surface area contributed by atoms with Crippen LogP contribution in [0.5, 0.6) is 5.88 Å². The van der Waals surface area contributed by atoms with Crippen LogP contribution >= 0.6 is 0 Å². The van der Waals surface area contributed by atoms with Gasteiger partial charge in [-0.15, -0.1) is 0 Å². The molecule has 0 saturated heterocycles. The van der Waals surface area contributed by atoms with E-state index in [-0.39, 0.29) is 12.5 Å². The lowest BCUT2D eigenvalue weighted by molar-refractivity contribution is -0.129. The second kappa shape index (κ2) is 6.82. The van der Waals surface area contributed by atoms with Gasteiger partial charge in [0.2, 0.25) is 11.8 Å². The van der Waals surface area contributed by atoms with Gasteiger partial charge in [0, 0.05) is 20.1 Å². The maximum absolute atomic E-state index is 12.0. The van der Waals surface area contributed by atoms with Crippen LogP contribution in [0.1, 0.15) is 13.8 Å². The molecule has 0 aliphatic rings. The van der Waals surface area contributed by atoms with E-state index >= 15 is 0 Å². The van der Waals surface area contributed by atoms with Crippen LogP contribution in [-0.2, 0) is 4.79 Å². The van der Waals surface area contributed by atoms with Crippen LogP contribution < -0.4 is 15.4 Å². The van der Waals surface area contributed by atoms with Crippen molar-refractivity contribution in [2.45, 2.75) is 13.8 Å². The van der Waals surface area contributed by atoms with Crippen molar-refractivity contribution in [3.8, 4) is 5.88 Å². The topological polar surface area (TPSA) is 71.7 Å². The Kier molecular flexibility index (Phi) is 5.41. The average Bonchev–Trinajstić information content (AvgIpc) is 2.40. The third-order valence-electron chi connectivity index (χ3n) is 2.95. The fourth-order valence-electron chi connectivity index (χ4n) is 1.78. The lowest BCUT2D eigenvalue weighted by Crippen LogP contribution is -2.39. The SMILES string of the molecule is CCN(CC)C(=O)CN(C)c1ccc(N)c(OC)n1. The molecule has 1 aromatic heterocycles. The monoisotopic (exact) mass is 266 g/mol. The Bertz CT molecular complexity index is 433. The van der Waals surface area contributed by atoms with Crippen molar-refractivity contribution < 1.29 is 9.53 Å². The van der Waals surface area contributed by atoms with Gasteiger partial charge in [0.1, 0.15) is 5.82 Å². The van der Waals surface area contributed by atoms with E-state index in [4.69, 9.17) is 10.5 Å². The maximum Gasteiger partial charge on any atom is 0.242 e. The summed E-state index contributed by atoms with van der Waals surface area (Å²) in [6.45, 7) is 5.63. The summed E-state index contributed by atoms with van der Waals surface area (Å²) in [5.74, 6) is 1.11. The van der Waals surface area contributed by atoms with E-state index in [9.17, 15) is 4.79 Å². The molecule has 0 radical (unpaired) electrons. The predicted octanol–water partition coefficient (Wildman–Crippen LogP) is 0.977. The first-order valence-corrected chi connectivity index (χ1v) is 6.32. The van der Waals surface area contributed by atoms with E-state index in [1.807, 2.05) is 20.9 Å². The van der Waals surface area contributed by atoms with Crippen molar-refractivity contribution in [1.82, 2.24) is 9.88 Å². The Labute approximate surface area is 114 Å². The van der Waals surface area contributed by atoms with Crippen LogP contribution in [0, 0.1) is 0 Å². The third kappa shape index (κ3) is 3.74. The van der Waals surface area contributed by atoms with Crippen molar-refractivity contribution in [3.63, 3.8) is 0 Å². The summed E-state index contributed by atoms with van der Waals surface area (Å²) in [7, 11) is 3.34. The smallest absolute Gasteiger partial charge is 0.242 e. The second-order valence-corrected chi connectivity index (χ2v) is 4.19. The van der Waals surface area contributed by atoms with Crippen LogP contribution in [0.25, 0.3) is 0 Å². The maximum atomic E-state index is 12.0. The molecule has 19 heavy (non-hydrogen) atoms. The minimum atomic E-state index is 0.0742. The number of nitrogen functional groups attached to an aromatic ring is 1. The molecule has 0 fully saturated rings. The Morgan fingerprint density at radius 3 is 2.53 bits per heavy atom. The fourth-order valence-corrected chi connectivity index (χ4v) is 1.78. The number of amides is 1. The molecule has 1 rings (SSSR count). The Morgan fingerprint density at radius 2 is 2.00 bits per heavy atom. The van der Waals surface area contributed by atoms with Crippen molar-refractivity contribution in [3.05, 3.63) is 12.1 Å². The molecule has 6 nitrogen and oxygen atoms in total. The number of hydrogen-bond acceptors (Lipinski definition) is 5. The van der Waals surface area contributed by atoms with E-state index in [0.29, 0.717) is 30.5 Å². The van der Waals surface area contributed by atoms with Gasteiger partial charge in [-0.05, 0) is 26.0 Å². The highest BCUT2D eigenvalue weighted by Crippen LogP contribution is 2.21. The molecular weight excluding hydrogens is 244 g/mol. The van der Waals surface area contributed by atoms with Crippen molar-refractivity contribution >= 4 is 17.4 Å². The number of methoxy groups -OCH3 is 1. The van der Waals surface area contributed by atoms with Gasteiger partial charge in [-0.25, -0.2) is 0 Å². The number of carbonyl (C=O) groups excluding carboxylic acids is 1. The van der Waals surface area contributed by atoms with E-state index in [1.165, 1.54) is 7.11 Å². The van der Waals surface area contributed by atoms with E-state index in [1.54, 1.807) is 21.9 Å². The molecule has 2 N–H and O–H groups in total. The summed E-state index contributed by atoms with van der Waals surface area (Å²) in [5.41, 5.74) is 6.19. The van der Waals surface area contributed by atoms with Gasteiger partial charge in [0.25, 0.3) is 0 Å². The second-order valence-electron chi connectivity index (χ2n) is 4.19. The van der Waals surface area contributed by atoms with E-state index < -0.39 is 0 Å². The predicted molar refractivity (Wildman–Crippen MR) is 76.4 cm³/mol.